The maximum absolute atomic E-state index is 11.7. The van der Waals surface area contributed by atoms with Crippen molar-refractivity contribution in [1.82, 2.24) is 0 Å². The lowest BCUT2D eigenvalue weighted by Crippen LogP contribution is -2.17. The van der Waals surface area contributed by atoms with Crippen molar-refractivity contribution >= 4 is 17.8 Å². The first-order valence-corrected chi connectivity index (χ1v) is 8.15. The van der Waals surface area contributed by atoms with Gasteiger partial charge < -0.3 is 9.84 Å². The number of hydrogen-bond donors (Lipinski definition) is 1. The van der Waals surface area contributed by atoms with Crippen LogP contribution in [0, 0.1) is 0 Å². The number of carbonyl (C=O) groups excluding carboxylic acids is 2. The molecule has 0 spiro atoms. The molecule has 0 saturated heterocycles. The largest absolute Gasteiger partial charge is 0.507 e. The average molecular weight is 332 g/mol. The predicted octanol–water partition coefficient (Wildman–Crippen LogP) is 4.13. The molecule has 0 radical (unpaired) electrons. The summed E-state index contributed by atoms with van der Waals surface area (Å²) in [5.41, 5.74) is 1.87. The number of phenolic OH excluding ortho intramolecular Hbond substituents is 1. The highest BCUT2D eigenvalue weighted by molar-refractivity contribution is 6.39. The third kappa shape index (κ3) is 4.95. The molecule has 0 atom stereocenters. The van der Waals surface area contributed by atoms with Crippen LogP contribution >= 0.6 is 0 Å². The van der Waals surface area contributed by atoms with Crippen molar-refractivity contribution in [3.05, 3.63) is 34.9 Å². The molecule has 4 nitrogen and oxygen atoms in total. The van der Waals surface area contributed by atoms with Gasteiger partial charge in [-0.05, 0) is 41.5 Å². The van der Waals surface area contributed by atoms with Gasteiger partial charge in [0.15, 0.2) is 0 Å². The second-order valence-corrected chi connectivity index (χ2v) is 7.88. The van der Waals surface area contributed by atoms with Crippen LogP contribution in [-0.4, -0.2) is 23.5 Å². The Morgan fingerprint density at radius 3 is 1.88 bits per heavy atom. The molecule has 0 aliphatic heterocycles. The molecule has 0 saturated carbocycles. The van der Waals surface area contributed by atoms with Crippen LogP contribution in [0.25, 0.3) is 6.08 Å². The van der Waals surface area contributed by atoms with E-state index in [2.05, 4.69) is 4.74 Å². The summed E-state index contributed by atoms with van der Waals surface area (Å²) in [5.74, 6) is -1.27. The summed E-state index contributed by atoms with van der Waals surface area (Å²) in [5, 5.41) is 10.7. The van der Waals surface area contributed by atoms with E-state index in [1.165, 1.54) is 6.08 Å². The Morgan fingerprint density at radius 2 is 1.50 bits per heavy atom. The highest BCUT2D eigenvalue weighted by Crippen LogP contribution is 2.39. The molecular weight excluding hydrogens is 304 g/mol. The van der Waals surface area contributed by atoms with Crippen molar-refractivity contribution in [2.75, 3.05) is 6.61 Å². The first-order chi connectivity index (χ1) is 10.9. The fraction of sp³-hybridized carbons (Fsp3) is 0.500. The summed E-state index contributed by atoms with van der Waals surface area (Å²) < 4.78 is 4.69. The fourth-order valence-electron chi connectivity index (χ4n) is 2.34. The molecule has 0 bridgehead atoms. The Morgan fingerprint density at radius 1 is 1.04 bits per heavy atom. The topological polar surface area (TPSA) is 63.6 Å². The maximum Gasteiger partial charge on any atom is 0.379 e. The zero-order valence-corrected chi connectivity index (χ0v) is 15.7. The van der Waals surface area contributed by atoms with Crippen LogP contribution in [-0.2, 0) is 25.2 Å². The molecule has 0 heterocycles. The van der Waals surface area contributed by atoms with E-state index in [9.17, 15) is 14.7 Å². The van der Waals surface area contributed by atoms with Gasteiger partial charge in [-0.3, -0.25) is 4.79 Å². The van der Waals surface area contributed by atoms with Crippen molar-refractivity contribution in [2.24, 2.45) is 0 Å². The summed E-state index contributed by atoms with van der Waals surface area (Å²) >= 11 is 0. The molecular formula is C20H28O4. The number of esters is 1. The van der Waals surface area contributed by atoms with E-state index < -0.39 is 11.8 Å². The van der Waals surface area contributed by atoms with Crippen molar-refractivity contribution < 1.29 is 19.4 Å². The molecule has 4 heteroatoms. The van der Waals surface area contributed by atoms with Crippen molar-refractivity contribution in [1.29, 1.82) is 0 Å². The molecule has 1 rings (SSSR count). The van der Waals surface area contributed by atoms with E-state index in [-0.39, 0.29) is 23.2 Å². The predicted molar refractivity (Wildman–Crippen MR) is 96.2 cm³/mol. The highest BCUT2D eigenvalue weighted by Gasteiger charge is 2.26. The van der Waals surface area contributed by atoms with Gasteiger partial charge in [0, 0.05) is 11.1 Å². The van der Waals surface area contributed by atoms with Crippen molar-refractivity contribution in [3.63, 3.8) is 0 Å². The summed E-state index contributed by atoms with van der Waals surface area (Å²) in [7, 11) is 0. The molecule has 0 aromatic heterocycles. The van der Waals surface area contributed by atoms with Crippen LogP contribution in [0.3, 0.4) is 0 Å². The van der Waals surface area contributed by atoms with E-state index in [1.807, 2.05) is 53.7 Å². The zero-order chi connectivity index (χ0) is 18.7. The van der Waals surface area contributed by atoms with Crippen LogP contribution < -0.4 is 0 Å². The van der Waals surface area contributed by atoms with Crippen LogP contribution in [0.5, 0.6) is 5.75 Å². The Balaban J connectivity index is 3.35. The van der Waals surface area contributed by atoms with E-state index in [0.717, 1.165) is 16.7 Å². The van der Waals surface area contributed by atoms with Crippen molar-refractivity contribution in [3.8, 4) is 5.75 Å². The lowest BCUT2D eigenvalue weighted by atomic mass is 9.78. The summed E-state index contributed by atoms with van der Waals surface area (Å²) in [6, 6.07) is 3.69. The van der Waals surface area contributed by atoms with Crippen molar-refractivity contribution in [2.45, 2.75) is 59.3 Å². The molecule has 0 amide bonds. The zero-order valence-electron chi connectivity index (χ0n) is 15.7. The van der Waals surface area contributed by atoms with E-state index >= 15 is 0 Å². The molecule has 0 fully saturated rings. The minimum absolute atomic E-state index is 0.167. The van der Waals surface area contributed by atoms with Gasteiger partial charge in [-0.15, -0.1) is 0 Å². The average Bonchev–Trinajstić information content (AvgIpc) is 2.43. The third-order valence-electron chi connectivity index (χ3n) is 3.65. The minimum Gasteiger partial charge on any atom is -0.507 e. The molecule has 0 aliphatic rings. The van der Waals surface area contributed by atoms with Gasteiger partial charge in [0.1, 0.15) is 5.75 Å². The molecule has 1 aromatic carbocycles. The number of rotatable bonds is 4. The number of ether oxygens (including phenoxy) is 1. The van der Waals surface area contributed by atoms with Gasteiger partial charge in [-0.25, -0.2) is 4.79 Å². The van der Waals surface area contributed by atoms with Crippen LogP contribution in [0.15, 0.2) is 18.2 Å². The highest BCUT2D eigenvalue weighted by atomic mass is 16.5. The third-order valence-corrected chi connectivity index (χ3v) is 3.65. The number of phenols is 1. The van der Waals surface area contributed by atoms with E-state index in [1.54, 1.807) is 13.0 Å². The van der Waals surface area contributed by atoms with Gasteiger partial charge in [0.2, 0.25) is 0 Å². The molecule has 24 heavy (non-hydrogen) atoms. The number of carbonyl (C=O) groups is 2. The van der Waals surface area contributed by atoms with Crippen LogP contribution in [0.4, 0.5) is 0 Å². The molecule has 1 aromatic rings. The molecule has 1 N–H and O–H groups in total. The van der Waals surface area contributed by atoms with E-state index in [4.69, 9.17) is 0 Å². The van der Waals surface area contributed by atoms with Gasteiger partial charge in [0.25, 0.3) is 5.78 Å². The van der Waals surface area contributed by atoms with Crippen LogP contribution in [0.2, 0.25) is 0 Å². The van der Waals surface area contributed by atoms with Crippen LogP contribution in [0.1, 0.15) is 65.2 Å². The number of hydrogen-bond acceptors (Lipinski definition) is 4. The number of ketones is 1. The SMILES string of the molecule is CCOC(=O)C(=O)/C=C/c1cc(C(C)(C)C)c(O)c(C(C)(C)C)c1. The second-order valence-electron chi connectivity index (χ2n) is 7.88. The monoisotopic (exact) mass is 332 g/mol. The number of aromatic hydroxyl groups is 1. The molecule has 132 valence electrons. The first kappa shape index (κ1) is 19.9. The standard InChI is InChI=1S/C20H28O4/c1-8-24-18(23)16(21)10-9-13-11-14(19(2,3)4)17(22)15(12-13)20(5,6)7/h9-12,22H,8H2,1-7H3/b10-9+. The van der Waals surface area contributed by atoms with Gasteiger partial charge in [-0.1, -0.05) is 47.6 Å². The molecule has 0 aliphatic carbocycles. The quantitative estimate of drug-likeness (QED) is 0.511. The number of benzene rings is 1. The summed E-state index contributed by atoms with van der Waals surface area (Å²) in [4.78, 5) is 23.1. The lowest BCUT2D eigenvalue weighted by Gasteiger charge is -2.27. The summed E-state index contributed by atoms with van der Waals surface area (Å²) in [6.45, 7) is 13.9. The first-order valence-electron chi connectivity index (χ1n) is 8.15. The minimum atomic E-state index is -0.861. The maximum atomic E-state index is 11.7. The second kappa shape index (κ2) is 7.20. The Hall–Kier alpha value is -2.10. The normalized spacial score (nSPS) is 12.5. The lowest BCUT2D eigenvalue weighted by molar-refractivity contribution is -0.151. The Bertz CT molecular complexity index is 620. The van der Waals surface area contributed by atoms with Gasteiger partial charge >= 0.3 is 5.97 Å². The fourth-order valence-corrected chi connectivity index (χ4v) is 2.34. The molecule has 0 unspecified atom stereocenters. The Kier molecular flexibility index (Phi) is 5.99. The Labute approximate surface area is 144 Å². The van der Waals surface area contributed by atoms with Gasteiger partial charge in [-0.2, -0.15) is 0 Å². The smallest absolute Gasteiger partial charge is 0.379 e. The van der Waals surface area contributed by atoms with Gasteiger partial charge in [0.05, 0.1) is 6.61 Å². The summed E-state index contributed by atoms with van der Waals surface area (Å²) in [6.07, 6.45) is 2.80. The van der Waals surface area contributed by atoms with E-state index in [0.29, 0.717) is 0 Å².